The highest BCUT2D eigenvalue weighted by Crippen LogP contribution is 2.16. The number of aromatic amines is 1. The lowest BCUT2D eigenvalue weighted by Gasteiger charge is -2.28. The molecular weight excluding hydrogens is 368 g/mol. The van der Waals surface area contributed by atoms with Gasteiger partial charge in [-0.1, -0.05) is 30.3 Å². The molecule has 0 saturated carbocycles. The Kier molecular flexibility index (Phi) is 5.67. The number of nitrogens with zero attached hydrogens (tertiary/aromatic N) is 2. The van der Waals surface area contributed by atoms with Gasteiger partial charge in [0, 0.05) is 31.5 Å². The van der Waals surface area contributed by atoms with Gasteiger partial charge in [-0.05, 0) is 35.4 Å². The van der Waals surface area contributed by atoms with Crippen molar-refractivity contribution >= 4 is 11.7 Å². The number of carbonyl (C=O) groups excluding carboxylic acids is 1. The zero-order chi connectivity index (χ0) is 20.1. The van der Waals surface area contributed by atoms with Crippen LogP contribution in [0.15, 0.2) is 65.6 Å². The maximum atomic E-state index is 12.5. The first-order chi connectivity index (χ1) is 14.2. The third-order valence-electron chi connectivity index (χ3n) is 4.84. The second kappa shape index (κ2) is 8.70. The molecule has 7 heteroatoms. The monoisotopic (exact) mass is 390 g/mol. The highest BCUT2D eigenvalue weighted by atomic mass is 16.5. The van der Waals surface area contributed by atoms with E-state index in [1.54, 1.807) is 18.3 Å². The molecule has 0 radical (unpaired) electrons. The Morgan fingerprint density at radius 3 is 2.66 bits per heavy atom. The number of amides is 1. The van der Waals surface area contributed by atoms with E-state index in [1.165, 1.54) is 0 Å². The van der Waals surface area contributed by atoms with Gasteiger partial charge in [-0.25, -0.2) is 4.98 Å². The summed E-state index contributed by atoms with van der Waals surface area (Å²) in [5.74, 6) is 0.459. The average Bonchev–Trinajstić information content (AvgIpc) is 2.79. The number of nitrogens with one attached hydrogen (secondary N) is 2. The minimum absolute atomic E-state index is 0.0899. The lowest BCUT2D eigenvalue weighted by molar-refractivity contribution is 0.0949. The molecule has 3 heterocycles. The summed E-state index contributed by atoms with van der Waals surface area (Å²) in [7, 11) is 0. The third-order valence-corrected chi connectivity index (χ3v) is 4.84. The molecule has 1 amide bonds. The average molecular weight is 390 g/mol. The van der Waals surface area contributed by atoms with E-state index < -0.39 is 11.5 Å². The molecule has 29 heavy (non-hydrogen) atoms. The number of anilines is 1. The molecule has 1 aliphatic heterocycles. The summed E-state index contributed by atoms with van der Waals surface area (Å²) in [6.45, 7) is 3.28. The van der Waals surface area contributed by atoms with E-state index in [0.717, 1.165) is 30.0 Å². The zero-order valence-electron chi connectivity index (χ0n) is 15.9. The fourth-order valence-corrected chi connectivity index (χ4v) is 3.25. The normalized spacial score (nSPS) is 13.9. The van der Waals surface area contributed by atoms with Gasteiger partial charge in [-0.15, -0.1) is 0 Å². The van der Waals surface area contributed by atoms with Crippen LogP contribution in [0.5, 0.6) is 0 Å². The van der Waals surface area contributed by atoms with Crippen LogP contribution < -0.4 is 15.8 Å². The van der Waals surface area contributed by atoms with Crippen LogP contribution in [-0.4, -0.2) is 42.2 Å². The summed E-state index contributed by atoms with van der Waals surface area (Å²) < 4.78 is 5.37. The molecule has 1 saturated heterocycles. The number of hydrogen-bond donors (Lipinski definition) is 2. The molecule has 2 N–H and O–H groups in total. The Bertz CT molecular complexity index is 1040. The standard InChI is InChI=1S/C22H22N4O3/c27-21(18-6-7-19(25-22(18)28)17-4-2-1-3-5-17)24-15-16-8-9-23-20(14-16)26-10-12-29-13-11-26/h1-9,14H,10-13,15H2,(H,24,27)(H,25,28). The molecule has 0 unspecified atom stereocenters. The molecule has 2 aromatic heterocycles. The maximum Gasteiger partial charge on any atom is 0.261 e. The van der Waals surface area contributed by atoms with Crippen molar-refractivity contribution in [1.82, 2.24) is 15.3 Å². The molecule has 7 nitrogen and oxygen atoms in total. The van der Waals surface area contributed by atoms with Gasteiger partial charge in [-0.3, -0.25) is 9.59 Å². The van der Waals surface area contributed by atoms with Crippen LogP contribution in [0.1, 0.15) is 15.9 Å². The Labute approximate surface area is 168 Å². The molecule has 1 aromatic carbocycles. The fraction of sp³-hybridized carbons (Fsp3) is 0.227. The summed E-state index contributed by atoms with van der Waals surface area (Å²) in [4.78, 5) is 34.2. The van der Waals surface area contributed by atoms with Crippen molar-refractivity contribution in [2.45, 2.75) is 6.54 Å². The van der Waals surface area contributed by atoms with Crippen LogP contribution in [0.2, 0.25) is 0 Å². The predicted molar refractivity (Wildman–Crippen MR) is 111 cm³/mol. The molecule has 4 rings (SSSR count). The molecule has 148 valence electrons. The summed E-state index contributed by atoms with van der Waals surface area (Å²) in [5, 5.41) is 2.82. The van der Waals surface area contributed by atoms with E-state index in [1.807, 2.05) is 42.5 Å². The van der Waals surface area contributed by atoms with Crippen molar-refractivity contribution < 1.29 is 9.53 Å². The summed E-state index contributed by atoms with van der Waals surface area (Å²) in [6, 6.07) is 16.6. The van der Waals surface area contributed by atoms with Crippen molar-refractivity contribution in [3.8, 4) is 11.3 Å². The summed E-state index contributed by atoms with van der Waals surface area (Å²) in [6.07, 6.45) is 1.73. The fourth-order valence-electron chi connectivity index (χ4n) is 3.25. The van der Waals surface area contributed by atoms with Crippen LogP contribution in [-0.2, 0) is 11.3 Å². The zero-order valence-corrected chi connectivity index (χ0v) is 15.9. The van der Waals surface area contributed by atoms with Gasteiger partial charge in [0.2, 0.25) is 0 Å². The lowest BCUT2D eigenvalue weighted by atomic mass is 10.1. The molecular formula is C22H22N4O3. The number of aromatic nitrogens is 2. The van der Waals surface area contributed by atoms with Crippen molar-refractivity contribution in [1.29, 1.82) is 0 Å². The topological polar surface area (TPSA) is 87.3 Å². The number of carbonyl (C=O) groups is 1. The van der Waals surface area contributed by atoms with E-state index in [-0.39, 0.29) is 5.56 Å². The number of benzene rings is 1. The van der Waals surface area contributed by atoms with Crippen molar-refractivity contribution in [2.24, 2.45) is 0 Å². The molecule has 1 aliphatic rings. The molecule has 3 aromatic rings. The van der Waals surface area contributed by atoms with Gasteiger partial charge in [0.1, 0.15) is 11.4 Å². The van der Waals surface area contributed by atoms with Crippen LogP contribution in [0.25, 0.3) is 11.3 Å². The van der Waals surface area contributed by atoms with Crippen LogP contribution in [0.3, 0.4) is 0 Å². The van der Waals surface area contributed by atoms with E-state index >= 15 is 0 Å². The van der Waals surface area contributed by atoms with Crippen molar-refractivity contribution in [3.63, 3.8) is 0 Å². The Morgan fingerprint density at radius 1 is 1.10 bits per heavy atom. The second-order valence-electron chi connectivity index (χ2n) is 6.79. The number of morpholine rings is 1. The highest BCUT2D eigenvalue weighted by Gasteiger charge is 2.14. The van der Waals surface area contributed by atoms with Crippen LogP contribution in [0, 0.1) is 0 Å². The maximum absolute atomic E-state index is 12.5. The van der Waals surface area contributed by atoms with Gasteiger partial charge in [-0.2, -0.15) is 0 Å². The smallest absolute Gasteiger partial charge is 0.261 e. The van der Waals surface area contributed by atoms with Gasteiger partial charge in [0.25, 0.3) is 11.5 Å². The SMILES string of the molecule is O=C(NCc1ccnc(N2CCOCC2)c1)c1ccc(-c2ccccc2)[nH]c1=O. The molecule has 0 spiro atoms. The van der Waals surface area contributed by atoms with Crippen LogP contribution >= 0.6 is 0 Å². The van der Waals surface area contributed by atoms with Gasteiger partial charge in [0.05, 0.1) is 13.2 Å². The molecule has 0 atom stereocenters. The molecule has 0 aliphatic carbocycles. The Balaban J connectivity index is 1.43. The minimum Gasteiger partial charge on any atom is -0.378 e. The van der Waals surface area contributed by atoms with E-state index in [9.17, 15) is 9.59 Å². The van der Waals surface area contributed by atoms with Crippen molar-refractivity contribution in [2.75, 3.05) is 31.2 Å². The van der Waals surface area contributed by atoms with Crippen LogP contribution in [0.4, 0.5) is 5.82 Å². The Morgan fingerprint density at radius 2 is 1.90 bits per heavy atom. The third kappa shape index (κ3) is 4.52. The number of rotatable bonds is 5. The largest absolute Gasteiger partial charge is 0.378 e. The van der Waals surface area contributed by atoms with E-state index in [2.05, 4.69) is 20.2 Å². The van der Waals surface area contributed by atoms with E-state index in [0.29, 0.717) is 25.5 Å². The van der Waals surface area contributed by atoms with Crippen molar-refractivity contribution in [3.05, 3.63) is 82.3 Å². The lowest BCUT2D eigenvalue weighted by Crippen LogP contribution is -2.36. The highest BCUT2D eigenvalue weighted by molar-refractivity contribution is 5.94. The summed E-state index contributed by atoms with van der Waals surface area (Å²) >= 11 is 0. The first-order valence-electron chi connectivity index (χ1n) is 9.55. The van der Waals surface area contributed by atoms with Gasteiger partial charge >= 0.3 is 0 Å². The number of pyridine rings is 2. The number of H-pyrrole nitrogens is 1. The quantitative estimate of drug-likeness (QED) is 0.697. The van der Waals surface area contributed by atoms with Gasteiger partial charge in [0.15, 0.2) is 0 Å². The van der Waals surface area contributed by atoms with E-state index in [4.69, 9.17) is 4.74 Å². The Hall–Kier alpha value is -3.45. The minimum atomic E-state index is -0.410. The first kappa shape index (κ1) is 18.9. The molecule has 0 bridgehead atoms. The number of ether oxygens (including phenoxy) is 1. The molecule has 1 fully saturated rings. The first-order valence-corrected chi connectivity index (χ1v) is 9.55. The number of hydrogen-bond acceptors (Lipinski definition) is 5. The predicted octanol–water partition coefficient (Wildman–Crippen LogP) is 2.20. The summed E-state index contributed by atoms with van der Waals surface area (Å²) in [5.41, 5.74) is 2.17. The van der Waals surface area contributed by atoms with Gasteiger partial charge < -0.3 is 19.9 Å². The second-order valence-corrected chi connectivity index (χ2v) is 6.79.